The van der Waals surface area contributed by atoms with Crippen molar-refractivity contribution in [3.8, 4) is 0 Å². The maximum atomic E-state index is 12.7. The van der Waals surface area contributed by atoms with Gasteiger partial charge in [0.2, 0.25) is 0 Å². The molecule has 7 heteroatoms. The lowest BCUT2D eigenvalue weighted by Crippen LogP contribution is -2.31. The second kappa shape index (κ2) is 8.71. The largest absolute Gasteiger partial charge is 0.461 e. The van der Waals surface area contributed by atoms with Crippen molar-refractivity contribution >= 4 is 11.7 Å². The van der Waals surface area contributed by atoms with E-state index in [4.69, 9.17) is 10.5 Å². The molecule has 0 saturated carbocycles. The molecule has 0 radical (unpaired) electrons. The molecule has 1 atom stereocenters. The molecule has 26 heavy (non-hydrogen) atoms. The van der Waals surface area contributed by atoms with Crippen LogP contribution in [0.1, 0.15) is 28.4 Å². The van der Waals surface area contributed by atoms with Crippen molar-refractivity contribution in [2.45, 2.75) is 25.6 Å². The monoisotopic (exact) mass is 366 g/mol. The maximum Gasteiger partial charge on any atom is 0.416 e. The van der Waals surface area contributed by atoms with Gasteiger partial charge in [0.25, 0.3) is 0 Å². The molecule has 0 aliphatic carbocycles. The molecule has 0 saturated heterocycles. The van der Waals surface area contributed by atoms with Gasteiger partial charge in [0, 0.05) is 18.3 Å². The van der Waals surface area contributed by atoms with E-state index >= 15 is 0 Å². The number of rotatable bonds is 7. The standard InChI is InChI=1S/C19H21F3N2O2/c1-13(11-14-3-2-4-16(12-14)19(20,21)22)24-9-10-26-18(25)15-5-7-17(23)8-6-15/h2-8,12-13,24H,9-11,23H2,1H3. The summed E-state index contributed by atoms with van der Waals surface area (Å²) in [5.74, 6) is -0.447. The van der Waals surface area contributed by atoms with Crippen LogP contribution in [-0.2, 0) is 17.3 Å². The zero-order valence-corrected chi connectivity index (χ0v) is 14.3. The molecule has 0 aliphatic rings. The number of esters is 1. The molecular formula is C19H21F3N2O2. The van der Waals surface area contributed by atoms with Crippen molar-refractivity contribution in [2.24, 2.45) is 0 Å². The molecule has 0 fully saturated rings. The number of nitrogens with one attached hydrogen (secondary N) is 1. The molecule has 3 N–H and O–H groups in total. The van der Waals surface area contributed by atoms with Gasteiger partial charge >= 0.3 is 12.1 Å². The normalized spacial score (nSPS) is 12.6. The Labute approximate surface area is 150 Å². The molecule has 140 valence electrons. The van der Waals surface area contributed by atoms with Crippen LogP contribution in [0.5, 0.6) is 0 Å². The van der Waals surface area contributed by atoms with Crippen molar-refractivity contribution in [3.05, 3.63) is 65.2 Å². The van der Waals surface area contributed by atoms with Crippen LogP contribution in [0.25, 0.3) is 0 Å². The number of alkyl halides is 3. The summed E-state index contributed by atoms with van der Waals surface area (Å²) in [6.07, 6.45) is -3.90. The molecule has 2 rings (SSSR count). The van der Waals surface area contributed by atoms with E-state index in [0.717, 1.165) is 12.1 Å². The van der Waals surface area contributed by atoms with E-state index in [2.05, 4.69) is 5.32 Å². The lowest BCUT2D eigenvalue weighted by molar-refractivity contribution is -0.137. The fraction of sp³-hybridized carbons (Fsp3) is 0.316. The molecular weight excluding hydrogens is 345 g/mol. The summed E-state index contributed by atoms with van der Waals surface area (Å²) >= 11 is 0. The number of benzene rings is 2. The van der Waals surface area contributed by atoms with Crippen LogP contribution in [0.4, 0.5) is 18.9 Å². The number of anilines is 1. The van der Waals surface area contributed by atoms with Gasteiger partial charge in [-0.3, -0.25) is 0 Å². The number of nitrogens with two attached hydrogens (primary N) is 1. The Morgan fingerprint density at radius 3 is 2.54 bits per heavy atom. The van der Waals surface area contributed by atoms with Gasteiger partial charge in [-0.15, -0.1) is 0 Å². The lowest BCUT2D eigenvalue weighted by Gasteiger charge is -2.15. The van der Waals surface area contributed by atoms with Crippen LogP contribution in [0, 0.1) is 0 Å². The second-order valence-corrected chi connectivity index (χ2v) is 6.02. The summed E-state index contributed by atoms with van der Waals surface area (Å²) in [4.78, 5) is 11.8. The van der Waals surface area contributed by atoms with Crippen molar-refractivity contribution in [2.75, 3.05) is 18.9 Å². The molecule has 2 aromatic rings. The smallest absolute Gasteiger partial charge is 0.416 e. The van der Waals surface area contributed by atoms with Crippen molar-refractivity contribution in [1.82, 2.24) is 5.32 Å². The van der Waals surface area contributed by atoms with Crippen LogP contribution >= 0.6 is 0 Å². The first kappa shape index (κ1) is 19.8. The van der Waals surface area contributed by atoms with E-state index in [0.29, 0.717) is 29.8 Å². The SMILES string of the molecule is CC(Cc1cccc(C(F)(F)F)c1)NCCOC(=O)c1ccc(N)cc1. The minimum atomic E-state index is -4.34. The van der Waals surface area contributed by atoms with Gasteiger partial charge in [-0.25, -0.2) is 4.79 Å². The number of carbonyl (C=O) groups excluding carboxylic acids is 1. The van der Waals surface area contributed by atoms with Gasteiger partial charge < -0.3 is 15.8 Å². The number of ether oxygens (including phenoxy) is 1. The average Bonchev–Trinajstić information content (AvgIpc) is 2.58. The summed E-state index contributed by atoms with van der Waals surface area (Å²) in [5.41, 5.74) is 6.47. The molecule has 0 spiro atoms. The van der Waals surface area contributed by atoms with Crippen molar-refractivity contribution in [1.29, 1.82) is 0 Å². The maximum absolute atomic E-state index is 12.7. The fourth-order valence-electron chi connectivity index (χ4n) is 2.45. The summed E-state index contributed by atoms with van der Waals surface area (Å²) in [6.45, 7) is 2.43. The van der Waals surface area contributed by atoms with Crippen LogP contribution < -0.4 is 11.1 Å². The number of carbonyl (C=O) groups is 1. The molecule has 0 heterocycles. The highest BCUT2D eigenvalue weighted by Gasteiger charge is 2.30. The second-order valence-electron chi connectivity index (χ2n) is 6.02. The molecule has 0 amide bonds. The Morgan fingerprint density at radius 1 is 1.19 bits per heavy atom. The predicted octanol–water partition coefficient (Wildman–Crippen LogP) is 3.67. The molecule has 1 unspecified atom stereocenters. The number of hydrogen-bond donors (Lipinski definition) is 2. The zero-order chi connectivity index (χ0) is 19.2. The van der Waals surface area contributed by atoms with Gasteiger partial charge in [-0.1, -0.05) is 18.2 Å². The molecule has 0 bridgehead atoms. The van der Waals surface area contributed by atoms with Crippen LogP contribution in [0.2, 0.25) is 0 Å². The van der Waals surface area contributed by atoms with Gasteiger partial charge in [0.05, 0.1) is 11.1 Å². The van der Waals surface area contributed by atoms with Gasteiger partial charge in [0.1, 0.15) is 6.61 Å². The van der Waals surface area contributed by atoms with E-state index in [1.54, 1.807) is 30.3 Å². The molecule has 0 aromatic heterocycles. The molecule has 0 aliphatic heterocycles. The predicted molar refractivity (Wildman–Crippen MR) is 93.7 cm³/mol. The van der Waals surface area contributed by atoms with Crippen molar-refractivity contribution < 1.29 is 22.7 Å². The van der Waals surface area contributed by atoms with E-state index in [1.165, 1.54) is 6.07 Å². The Hall–Kier alpha value is -2.54. The van der Waals surface area contributed by atoms with E-state index < -0.39 is 17.7 Å². The minimum absolute atomic E-state index is 0.0614. The van der Waals surface area contributed by atoms with Crippen LogP contribution in [0.15, 0.2) is 48.5 Å². The lowest BCUT2D eigenvalue weighted by atomic mass is 10.0. The average molecular weight is 366 g/mol. The first-order valence-electron chi connectivity index (χ1n) is 8.18. The van der Waals surface area contributed by atoms with Gasteiger partial charge in [0.15, 0.2) is 0 Å². The number of nitrogen functional groups attached to an aromatic ring is 1. The topological polar surface area (TPSA) is 64.3 Å². The molecule has 4 nitrogen and oxygen atoms in total. The summed E-state index contributed by atoms with van der Waals surface area (Å²) in [6, 6.07) is 11.6. The highest BCUT2D eigenvalue weighted by molar-refractivity contribution is 5.89. The highest BCUT2D eigenvalue weighted by atomic mass is 19.4. The minimum Gasteiger partial charge on any atom is -0.461 e. The fourth-order valence-corrected chi connectivity index (χ4v) is 2.45. The van der Waals surface area contributed by atoms with Crippen LogP contribution in [0.3, 0.4) is 0 Å². The third-order valence-electron chi connectivity index (χ3n) is 3.77. The summed E-state index contributed by atoms with van der Waals surface area (Å²) in [7, 11) is 0. The molecule has 2 aromatic carbocycles. The Bertz CT molecular complexity index is 730. The third-order valence-corrected chi connectivity index (χ3v) is 3.77. The first-order chi connectivity index (χ1) is 12.3. The van der Waals surface area contributed by atoms with E-state index in [1.807, 2.05) is 6.92 Å². The zero-order valence-electron chi connectivity index (χ0n) is 14.3. The van der Waals surface area contributed by atoms with E-state index in [-0.39, 0.29) is 12.6 Å². The first-order valence-corrected chi connectivity index (χ1v) is 8.18. The van der Waals surface area contributed by atoms with Gasteiger partial charge in [-0.05, 0) is 49.2 Å². The number of hydrogen-bond acceptors (Lipinski definition) is 4. The quantitative estimate of drug-likeness (QED) is 0.446. The van der Waals surface area contributed by atoms with Crippen LogP contribution in [-0.4, -0.2) is 25.2 Å². The van der Waals surface area contributed by atoms with Gasteiger partial charge in [-0.2, -0.15) is 13.2 Å². The Balaban J connectivity index is 1.74. The Kier molecular flexibility index (Phi) is 6.63. The third kappa shape index (κ3) is 6.07. The number of halogens is 3. The highest BCUT2D eigenvalue weighted by Crippen LogP contribution is 2.29. The Morgan fingerprint density at radius 2 is 1.88 bits per heavy atom. The van der Waals surface area contributed by atoms with Crippen molar-refractivity contribution in [3.63, 3.8) is 0 Å². The van der Waals surface area contributed by atoms with E-state index in [9.17, 15) is 18.0 Å². The summed E-state index contributed by atoms with van der Waals surface area (Å²) < 4.78 is 43.3. The summed E-state index contributed by atoms with van der Waals surface area (Å²) in [5, 5.41) is 3.13.